The van der Waals surface area contributed by atoms with Gasteiger partial charge in [-0.05, 0) is 24.5 Å². The number of aliphatic hydroxyl groups excluding tert-OH is 1. The summed E-state index contributed by atoms with van der Waals surface area (Å²) in [6, 6.07) is 1.75. The number of aromatic nitrogens is 2. The third kappa shape index (κ3) is 3.28. The molecule has 1 atom stereocenters. The molecule has 0 spiro atoms. The molecule has 1 rings (SSSR count). The van der Waals surface area contributed by atoms with E-state index in [1.807, 2.05) is 13.8 Å². The molecule has 0 aliphatic rings. The molecule has 1 aromatic rings. The molecule has 1 unspecified atom stereocenters. The largest absolute Gasteiger partial charge is 0.384 e. The van der Waals surface area contributed by atoms with E-state index < -0.39 is 12.0 Å². The topological polar surface area (TPSA) is 75.1 Å². The molecule has 0 saturated heterocycles. The zero-order valence-electron chi connectivity index (χ0n) is 9.06. The van der Waals surface area contributed by atoms with Crippen molar-refractivity contribution >= 4 is 11.7 Å². The predicted octanol–water partition coefficient (Wildman–Crippen LogP) is 0.919. The Balaban J connectivity index is 2.78. The van der Waals surface area contributed by atoms with Crippen LogP contribution >= 0.6 is 0 Å². The van der Waals surface area contributed by atoms with Crippen LogP contribution in [0.1, 0.15) is 32.3 Å². The Morgan fingerprint density at radius 3 is 2.67 bits per heavy atom. The van der Waals surface area contributed by atoms with E-state index in [9.17, 15) is 4.79 Å². The molecule has 0 bridgehead atoms. The van der Waals surface area contributed by atoms with Crippen molar-refractivity contribution in [1.29, 1.82) is 0 Å². The second kappa shape index (κ2) is 4.84. The van der Waals surface area contributed by atoms with Gasteiger partial charge in [-0.3, -0.25) is 4.79 Å². The molecule has 1 amide bonds. The van der Waals surface area contributed by atoms with E-state index in [0.29, 0.717) is 11.7 Å². The predicted molar refractivity (Wildman–Crippen MR) is 56.4 cm³/mol. The van der Waals surface area contributed by atoms with Crippen molar-refractivity contribution in [3.8, 4) is 0 Å². The van der Waals surface area contributed by atoms with Crippen LogP contribution in [0.25, 0.3) is 0 Å². The highest BCUT2D eigenvalue weighted by molar-refractivity contribution is 5.92. The minimum absolute atomic E-state index is 0.322. The lowest BCUT2D eigenvalue weighted by molar-refractivity contribution is -0.123. The number of anilines is 1. The van der Waals surface area contributed by atoms with Gasteiger partial charge < -0.3 is 10.4 Å². The van der Waals surface area contributed by atoms with Crippen LogP contribution in [0, 0.1) is 0 Å². The second-order valence-corrected chi connectivity index (χ2v) is 3.69. The van der Waals surface area contributed by atoms with E-state index >= 15 is 0 Å². The Kier molecular flexibility index (Phi) is 3.74. The molecule has 2 N–H and O–H groups in total. The first-order valence-electron chi connectivity index (χ1n) is 4.82. The molecule has 0 fully saturated rings. The maximum Gasteiger partial charge on any atom is 0.254 e. The van der Waals surface area contributed by atoms with Crippen LogP contribution in [0.2, 0.25) is 0 Å². The van der Waals surface area contributed by atoms with Crippen LogP contribution in [0.4, 0.5) is 5.82 Å². The standard InChI is InChI=1S/C10H15N3O2/c1-6(2)8-4-9(13-11-5-8)12-10(15)7(3)14/h4-7,14H,1-3H3,(H,12,13,15). The average molecular weight is 209 g/mol. The number of nitrogens with zero attached hydrogens (tertiary/aromatic N) is 2. The molecule has 5 nitrogen and oxygen atoms in total. The van der Waals surface area contributed by atoms with Gasteiger partial charge in [0.1, 0.15) is 6.10 Å². The third-order valence-electron chi connectivity index (χ3n) is 1.97. The van der Waals surface area contributed by atoms with Crippen LogP contribution in [-0.4, -0.2) is 27.3 Å². The average Bonchev–Trinajstić information content (AvgIpc) is 2.18. The molecule has 0 aliphatic heterocycles. The summed E-state index contributed by atoms with van der Waals surface area (Å²) in [6.45, 7) is 5.45. The van der Waals surface area contributed by atoms with Gasteiger partial charge in [-0.1, -0.05) is 13.8 Å². The van der Waals surface area contributed by atoms with E-state index in [-0.39, 0.29) is 0 Å². The van der Waals surface area contributed by atoms with Crippen molar-refractivity contribution in [2.24, 2.45) is 0 Å². The first-order valence-corrected chi connectivity index (χ1v) is 4.82. The Labute approximate surface area is 88.5 Å². The summed E-state index contributed by atoms with van der Waals surface area (Å²) in [4.78, 5) is 11.2. The first-order chi connectivity index (χ1) is 7.00. The van der Waals surface area contributed by atoms with Gasteiger partial charge in [0.15, 0.2) is 5.82 Å². The number of amides is 1. The van der Waals surface area contributed by atoms with Crippen LogP contribution in [-0.2, 0) is 4.79 Å². The fourth-order valence-corrected chi connectivity index (χ4v) is 0.989. The van der Waals surface area contributed by atoms with Crippen molar-refractivity contribution in [3.05, 3.63) is 17.8 Å². The van der Waals surface area contributed by atoms with Crippen LogP contribution in [0.3, 0.4) is 0 Å². The molecular formula is C10H15N3O2. The minimum Gasteiger partial charge on any atom is -0.384 e. The molecule has 0 aromatic carbocycles. The van der Waals surface area contributed by atoms with E-state index in [1.165, 1.54) is 6.92 Å². The van der Waals surface area contributed by atoms with Crippen molar-refractivity contribution in [1.82, 2.24) is 10.2 Å². The zero-order valence-corrected chi connectivity index (χ0v) is 9.06. The molecule has 15 heavy (non-hydrogen) atoms. The van der Waals surface area contributed by atoms with Gasteiger partial charge in [-0.25, -0.2) is 0 Å². The summed E-state index contributed by atoms with van der Waals surface area (Å²) < 4.78 is 0. The molecular weight excluding hydrogens is 194 g/mol. The maximum atomic E-state index is 11.2. The van der Waals surface area contributed by atoms with Crippen molar-refractivity contribution in [2.75, 3.05) is 5.32 Å². The molecule has 0 radical (unpaired) electrons. The second-order valence-electron chi connectivity index (χ2n) is 3.69. The summed E-state index contributed by atoms with van der Waals surface area (Å²) in [7, 11) is 0. The smallest absolute Gasteiger partial charge is 0.254 e. The quantitative estimate of drug-likeness (QED) is 0.776. The number of hydrogen-bond acceptors (Lipinski definition) is 4. The van der Waals surface area contributed by atoms with Crippen LogP contribution < -0.4 is 5.32 Å². The monoisotopic (exact) mass is 209 g/mol. The molecule has 1 aromatic heterocycles. The van der Waals surface area contributed by atoms with Gasteiger partial charge in [-0.15, -0.1) is 5.10 Å². The fraction of sp³-hybridized carbons (Fsp3) is 0.500. The van der Waals surface area contributed by atoms with Gasteiger partial charge in [0, 0.05) is 0 Å². The lowest BCUT2D eigenvalue weighted by Crippen LogP contribution is -2.25. The molecule has 82 valence electrons. The van der Waals surface area contributed by atoms with Crippen LogP contribution in [0.5, 0.6) is 0 Å². The molecule has 0 aliphatic carbocycles. The summed E-state index contributed by atoms with van der Waals surface area (Å²) in [5.74, 6) is 0.208. The number of nitrogens with one attached hydrogen (secondary N) is 1. The van der Waals surface area contributed by atoms with Gasteiger partial charge in [0.2, 0.25) is 0 Å². The lowest BCUT2D eigenvalue weighted by atomic mass is 10.1. The highest BCUT2D eigenvalue weighted by atomic mass is 16.3. The summed E-state index contributed by atoms with van der Waals surface area (Å²) in [5, 5.41) is 19.0. The number of carbonyl (C=O) groups excluding carboxylic acids is 1. The van der Waals surface area contributed by atoms with E-state index in [1.54, 1.807) is 12.3 Å². The fourth-order valence-electron chi connectivity index (χ4n) is 0.989. The third-order valence-corrected chi connectivity index (χ3v) is 1.97. The summed E-state index contributed by atoms with van der Waals surface area (Å²) >= 11 is 0. The van der Waals surface area contributed by atoms with Crippen LogP contribution in [0.15, 0.2) is 12.3 Å². The lowest BCUT2D eigenvalue weighted by Gasteiger charge is -2.08. The maximum absolute atomic E-state index is 11.2. The van der Waals surface area contributed by atoms with Gasteiger partial charge in [-0.2, -0.15) is 5.10 Å². The number of hydrogen-bond donors (Lipinski definition) is 2. The van der Waals surface area contributed by atoms with Crippen molar-refractivity contribution in [2.45, 2.75) is 32.8 Å². The summed E-state index contributed by atoms with van der Waals surface area (Å²) in [5.41, 5.74) is 0.992. The van der Waals surface area contributed by atoms with E-state index in [4.69, 9.17) is 5.11 Å². The van der Waals surface area contributed by atoms with E-state index in [0.717, 1.165) is 5.56 Å². The van der Waals surface area contributed by atoms with Gasteiger partial charge in [0.05, 0.1) is 6.20 Å². The Hall–Kier alpha value is -1.49. The molecule has 5 heteroatoms. The highest BCUT2D eigenvalue weighted by Crippen LogP contribution is 2.15. The van der Waals surface area contributed by atoms with Crippen molar-refractivity contribution < 1.29 is 9.90 Å². The minimum atomic E-state index is -1.05. The first kappa shape index (κ1) is 11.6. The summed E-state index contributed by atoms with van der Waals surface area (Å²) in [6.07, 6.45) is 0.609. The zero-order chi connectivity index (χ0) is 11.4. The normalized spacial score (nSPS) is 12.6. The van der Waals surface area contributed by atoms with Gasteiger partial charge in [0.25, 0.3) is 5.91 Å². The Morgan fingerprint density at radius 2 is 2.13 bits per heavy atom. The number of carbonyl (C=O) groups is 1. The van der Waals surface area contributed by atoms with Crippen molar-refractivity contribution in [3.63, 3.8) is 0 Å². The Morgan fingerprint density at radius 1 is 1.47 bits per heavy atom. The highest BCUT2D eigenvalue weighted by Gasteiger charge is 2.10. The van der Waals surface area contributed by atoms with E-state index in [2.05, 4.69) is 15.5 Å². The number of aliphatic hydroxyl groups is 1. The van der Waals surface area contributed by atoms with Gasteiger partial charge >= 0.3 is 0 Å². The SMILES string of the molecule is CC(O)C(=O)Nc1cc(C(C)C)cnn1. The molecule has 1 heterocycles. The number of rotatable bonds is 3. The molecule has 0 saturated carbocycles. The Bertz CT molecular complexity index is 350.